The van der Waals surface area contributed by atoms with Crippen molar-refractivity contribution in [1.29, 1.82) is 0 Å². The fourth-order valence-corrected chi connectivity index (χ4v) is 4.89. The molecule has 2 aromatic carbocycles. The highest BCUT2D eigenvalue weighted by Gasteiger charge is 2.43. The van der Waals surface area contributed by atoms with Crippen LogP contribution in [0.5, 0.6) is 0 Å². The third-order valence-corrected chi connectivity index (χ3v) is 6.99. The van der Waals surface area contributed by atoms with Crippen LogP contribution in [0, 0.1) is 11.8 Å². The van der Waals surface area contributed by atoms with Crippen LogP contribution in [0.15, 0.2) is 48.5 Å². The van der Waals surface area contributed by atoms with Gasteiger partial charge in [0.2, 0.25) is 5.91 Å². The topological polar surface area (TPSA) is 105 Å². The Hall–Kier alpha value is -3.00. The largest absolute Gasteiger partial charge is 0.481 e. The fourth-order valence-electron chi connectivity index (χ4n) is 4.42. The van der Waals surface area contributed by atoms with Gasteiger partial charge in [-0.1, -0.05) is 48.5 Å². The average Bonchev–Trinajstić information content (AvgIpc) is 3.54. The molecule has 1 fully saturated rings. The number of fused-ring (bicyclic) bond motifs is 3. The molecule has 0 saturated heterocycles. The summed E-state index contributed by atoms with van der Waals surface area (Å²) >= 11 is 1.58. The Morgan fingerprint density at radius 2 is 1.73 bits per heavy atom. The third kappa shape index (κ3) is 5.33. The van der Waals surface area contributed by atoms with Crippen LogP contribution < -0.4 is 10.6 Å². The van der Waals surface area contributed by atoms with E-state index in [2.05, 4.69) is 34.9 Å². The van der Waals surface area contributed by atoms with E-state index in [-0.39, 0.29) is 30.3 Å². The molecule has 0 aliphatic heterocycles. The molecule has 2 amide bonds. The predicted octanol–water partition coefficient (Wildman–Crippen LogP) is 3.48. The standard InChI is InChI=1S/C25H28N2O5S/c1-33-11-10-22(23(28)26-13-15-12-20(15)24(29)30)27-25(31)32-14-21-18-8-4-2-6-16(18)17-7-3-5-9-19(17)21/h2-9,15,20-22H,10-14H2,1H3,(H,26,28)(H,27,31)(H,29,30)/t15-,20-,22?/m1/s1. The third-order valence-electron chi connectivity index (χ3n) is 6.34. The minimum absolute atomic E-state index is 0.0397. The zero-order chi connectivity index (χ0) is 23.4. The van der Waals surface area contributed by atoms with Gasteiger partial charge in [-0.25, -0.2) is 4.79 Å². The molecule has 1 unspecified atom stereocenters. The number of carboxylic acid groups (broad SMARTS) is 1. The Labute approximate surface area is 197 Å². The Morgan fingerprint density at radius 3 is 2.30 bits per heavy atom. The van der Waals surface area contributed by atoms with Crippen molar-refractivity contribution in [3.63, 3.8) is 0 Å². The molecule has 0 radical (unpaired) electrons. The van der Waals surface area contributed by atoms with Crippen molar-refractivity contribution in [2.45, 2.75) is 24.8 Å². The molecule has 3 atom stereocenters. The van der Waals surface area contributed by atoms with E-state index in [1.165, 1.54) is 0 Å². The van der Waals surface area contributed by atoms with Crippen molar-refractivity contribution >= 4 is 29.7 Å². The molecule has 0 heterocycles. The number of carbonyl (C=O) groups excluding carboxylic acids is 2. The van der Waals surface area contributed by atoms with Gasteiger partial charge < -0.3 is 20.5 Å². The highest BCUT2D eigenvalue weighted by atomic mass is 32.2. The number of amides is 2. The lowest BCUT2D eigenvalue weighted by Crippen LogP contribution is -2.48. The van der Waals surface area contributed by atoms with Gasteiger partial charge in [-0.15, -0.1) is 0 Å². The van der Waals surface area contributed by atoms with E-state index in [0.717, 1.165) is 22.3 Å². The van der Waals surface area contributed by atoms with Crippen LogP contribution in [-0.4, -0.2) is 54.3 Å². The summed E-state index contributed by atoms with van der Waals surface area (Å²) in [6.07, 6.45) is 2.34. The van der Waals surface area contributed by atoms with Gasteiger partial charge in [0, 0.05) is 12.5 Å². The van der Waals surface area contributed by atoms with Crippen molar-refractivity contribution in [2.24, 2.45) is 11.8 Å². The maximum atomic E-state index is 12.6. The number of carboxylic acids is 1. The van der Waals surface area contributed by atoms with Crippen LogP contribution in [0.3, 0.4) is 0 Å². The summed E-state index contributed by atoms with van der Waals surface area (Å²) < 4.78 is 5.57. The molecule has 3 N–H and O–H groups in total. The number of hydrogen-bond donors (Lipinski definition) is 3. The van der Waals surface area contributed by atoms with E-state index in [1.54, 1.807) is 11.8 Å². The zero-order valence-electron chi connectivity index (χ0n) is 18.5. The molecule has 0 bridgehead atoms. The van der Waals surface area contributed by atoms with Crippen LogP contribution in [0.1, 0.15) is 29.9 Å². The Kier molecular flexibility index (Phi) is 7.23. The number of ether oxygens (including phenoxy) is 1. The molecular weight excluding hydrogens is 440 g/mol. The predicted molar refractivity (Wildman–Crippen MR) is 127 cm³/mol. The fraction of sp³-hybridized carbons (Fsp3) is 0.400. The highest BCUT2D eigenvalue weighted by molar-refractivity contribution is 7.98. The summed E-state index contributed by atoms with van der Waals surface area (Å²) in [5.41, 5.74) is 4.55. The molecule has 2 aliphatic rings. The van der Waals surface area contributed by atoms with Gasteiger partial charge in [-0.3, -0.25) is 9.59 Å². The summed E-state index contributed by atoms with van der Waals surface area (Å²) in [4.78, 5) is 36.2. The minimum Gasteiger partial charge on any atom is -0.481 e. The highest BCUT2D eigenvalue weighted by Crippen LogP contribution is 2.44. The van der Waals surface area contributed by atoms with Crippen LogP contribution in [-0.2, 0) is 14.3 Å². The number of alkyl carbamates (subject to hydrolysis) is 1. The Bertz CT molecular complexity index is 997. The summed E-state index contributed by atoms with van der Waals surface area (Å²) in [7, 11) is 0. The molecule has 0 aromatic heterocycles. The molecule has 174 valence electrons. The van der Waals surface area contributed by atoms with E-state index in [0.29, 0.717) is 25.1 Å². The maximum absolute atomic E-state index is 12.6. The van der Waals surface area contributed by atoms with E-state index in [4.69, 9.17) is 9.84 Å². The molecule has 7 nitrogen and oxygen atoms in total. The molecule has 0 spiro atoms. The van der Waals surface area contributed by atoms with Crippen LogP contribution in [0.25, 0.3) is 11.1 Å². The first kappa shape index (κ1) is 23.2. The zero-order valence-corrected chi connectivity index (χ0v) is 19.3. The molecule has 1 saturated carbocycles. The van der Waals surface area contributed by atoms with Gasteiger partial charge in [0.15, 0.2) is 0 Å². The van der Waals surface area contributed by atoms with E-state index < -0.39 is 18.1 Å². The number of hydrogen-bond acceptors (Lipinski definition) is 5. The first-order chi connectivity index (χ1) is 16.0. The lowest BCUT2D eigenvalue weighted by atomic mass is 9.98. The number of benzene rings is 2. The first-order valence-electron chi connectivity index (χ1n) is 11.1. The molecular formula is C25H28N2O5S. The van der Waals surface area contributed by atoms with E-state index in [1.807, 2.05) is 30.5 Å². The Balaban J connectivity index is 1.34. The van der Waals surface area contributed by atoms with Gasteiger partial charge in [0.1, 0.15) is 12.6 Å². The molecule has 8 heteroatoms. The molecule has 4 rings (SSSR count). The summed E-state index contributed by atoms with van der Waals surface area (Å²) in [5, 5.41) is 14.5. The van der Waals surface area contributed by atoms with Crippen molar-refractivity contribution < 1.29 is 24.2 Å². The molecule has 2 aromatic rings. The first-order valence-corrected chi connectivity index (χ1v) is 12.5. The lowest BCUT2D eigenvalue weighted by molar-refractivity contribution is -0.139. The number of aliphatic carboxylic acids is 1. The van der Waals surface area contributed by atoms with Crippen molar-refractivity contribution in [2.75, 3.05) is 25.2 Å². The maximum Gasteiger partial charge on any atom is 0.407 e. The second-order valence-corrected chi connectivity index (χ2v) is 9.48. The van der Waals surface area contributed by atoms with Crippen LogP contribution in [0.2, 0.25) is 0 Å². The van der Waals surface area contributed by atoms with Gasteiger partial charge >= 0.3 is 12.1 Å². The van der Waals surface area contributed by atoms with E-state index >= 15 is 0 Å². The smallest absolute Gasteiger partial charge is 0.407 e. The van der Waals surface area contributed by atoms with Crippen molar-refractivity contribution in [3.8, 4) is 11.1 Å². The normalized spacial score (nSPS) is 19.2. The quantitative estimate of drug-likeness (QED) is 0.493. The van der Waals surface area contributed by atoms with Crippen LogP contribution in [0.4, 0.5) is 4.79 Å². The molecule has 2 aliphatic carbocycles. The van der Waals surface area contributed by atoms with Gasteiger partial charge in [0.25, 0.3) is 0 Å². The lowest BCUT2D eigenvalue weighted by Gasteiger charge is -2.19. The average molecular weight is 469 g/mol. The van der Waals surface area contributed by atoms with Gasteiger partial charge in [0.05, 0.1) is 5.92 Å². The Morgan fingerprint density at radius 1 is 1.09 bits per heavy atom. The van der Waals surface area contributed by atoms with Gasteiger partial charge in [-0.2, -0.15) is 11.8 Å². The second kappa shape index (κ2) is 10.3. The van der Waals surface area contributed by atoms with Crippen LogP contribution >= 0.6 is 11.8 Å². The number of rotatable bonds is 10. The SMILES string of the molecule is CSCCC(NC(=O)OCC1c2ccccc2-c2ccccc21)C(=O)NC[C@H]1C[C@H]1C(=O)O. The number of carbonyl (C=O) groups is 3. The summed E-state index contributed by atoms with van der Waals surface area (Å²) in [6.45, 7) is 0.483. The number of thioether (sulfide) groups is 1. The van der Waals surface area contributed by atoms with Crippen molar-refractivity contribution in [1.82, 2.24) is 10.6 Å². The monoisotopic (exact) mass is 468 g/mol. The van der Waals surface area contributed by atoms with Crippen molar-refractivity contribution in [3.05, 3.63) is 59.7 Å². The second-order valence-electron chi connectivity index (χ2n) is 8.49. The molecule has 33 heavy (non-hydrogen) atoms. The summed E-state index contributed by atoms with van der Waals surface area (Å²) in [5.74, 6) is -0.918. The minimum atomic E-state index is -0.829. The van der Waals surface area contributed by atoms with Gasteiger partial charge in [-0.05, 0) is 53.0 Å². The van der Waals surface area contributed by atoms with E-state index in [9.17, 15) is 14.4 Å². The number of nitrogens with one attached hydrogen (secondary N) is 2. The summed E-state index contributed by atoms with van der Waals surface area (Å²) in [6, 6.07) is 15.5.